The molecule has 3 nitrogen and oxygen atoms in total. The maximum atomic E-state index is 10.1. The first kappa shape index (κ1) is 13.4. The number of aromatic hydroxyl groups is 1. The second-order valence-corrected chi connectivity index (χ2v) is 5.30. The number of fused-ring (bicyclic) bond motifs is 1. The molecule has 1 heterocycles. The van der Waals surface area contributed by atoms with Gasteiger partial charge in [0.25, 0.3) is 0 Å². The number of aryl methyl sites for hydroxylation is 1. The van der Waals surface area contributed by atoms with E-state index in [0.29, 0.717) is 0 Å². The van der Waals surface area contributed by atoms with Crippen LogP contribution in [0.1, 0.15) is 29.7 Å². The Bertz CT molecular complexity index is 788. The van der Waals surface area contributed by atoms with Gasteiger partial charge in [0, 0.05) is 17.1 Å². The van der Waals surface area contributed by atoms with Crippen molar-refractivity contribution >= 4 is 17.1 Å². The molecule has 2 aromatic carbocycles. The average molecular weight is 278 g/mol. The Kier molecular flexibility index (Phi) is 3.48. The first-order valence-electron chi connectivity index (χ1n) is 7.04. The fraction of sp³-hybridized carbons (Fsp3) is 0.167. The third-order valence-corrected chi connectivity index (χ3v) is 3.68. The van der Waals surface area contributed by atoms with E-state index in [1.807, 2.05) is 50.2 Å². The molecule has 0 aliphatic heterocycles. The topological polar surface area (TPSA) is 48.4 Å². The Balaban J connectivity index is 1.94. The van der Waals surface area contributed by atoms with E-state index in [1.165, 1.54) is 0 Å². The fourth-order valence-electron chi connectivity index (χ4n) is 2.45. The second kappa shape index (κ2) is 5.44. The summed E-state index contributed by atoms with van der Waals surface area (Å²) in [5.74, 6) is 0.166. The van der Waals surface area contributed by atoms with E-state index >= 15 is 0 Å². The van der Waals surface area contributed by atoms with Crippen LogP contribution >= 0.6 is 0 Å². The highest BCUT2D eigenvalue weighted by Crippen LogP contribution is 2.27. The minimum atomic E-state index is 0.0565. The van der Waals surface area contributed by atoms with Gasteiger partial charge in [-0.2, -0.15) is 0 Å². The van der Waals surface area contributed by atoms with Gasteiger partial charge in [-0.15, -0.1) is 0 Å². The molecule has 21 heavy (non-hydrogen) atoms. The van der Waals surface area contributed by atoms with E-state index in [0.717, 1.165) is 27.6 Å². The molecule has 1 atom stereocenters. The molecule has 0 saturated carbocycles. The molecule has 0 spiro atoms. The maximum absolute atomic E-state index is 10.1. The molecule has 1 aromatic heterocycles. The van der Waals surface area contributed by atoms with Gasteiger partial charge in [-0.1, -0.05) is 42.5 Å². The van der Waals surface area contributed by atoms with Gasteiger partial charge in [0.1, 0.15) is 0 Å². The van der Waals surface area contributed by atoms with E-state index < -0.39 is 0 Å². The van der Waals surface area contributed by atoms with Crippen LogP contribution < -0.4 is 0 Å². The number of nitrogens with zero attached hydrogens (tertiary/aromatic N) is 1. The highest BCUT2D eigenvalue weighted by Gasteiger charge is 2.09. The van der Waals surface area contributed by atoms with E-state index in [-0.39, 0.29) is 11.9 Å². The summed E-state index contributed by atoms with van der Waals surface area (Å²) >= 11 is 0. The quantitative estimate of drug-likeness (QED) is 0.687. The largest absolute Gasteiger partial charge is 0.494 e. The lowest BCUT2D eigenvalue weighted by Gasteiger charge is -2.05. The van der Waals surface area contributed by atoms with E-state index in [2.05, 4.69) is 22.1 Å². The summed E-state index contributed by atoms with van der Waals surface area (Å²) in [7, 11) is 0. The van der Waals surface area contributed by atoms with Crippen LogP contribution in [0.5, 0.6) is 5.88 Å². The van der Waals surface area contributed by atoms with Gasteiger partial charge >= 0.3 is 0 Å². The van der Waals surface area contributed by atoms with Crippen LogP contribution in [-0.4, -0.2) is 16.3 Å². The average Bonchev–Trinajstić information content (AvgIpc) is 2.80. The standard InChI is InChI=1S/C18H18N2O/c1-12-8-9-15-16(18(21)20-17(15)10-12)11-19-13(2)14-6-4-3-5-7-14/h3-11,13,20-21H,1-2H3. The molecule has 3 rings (SSSR count). The van der Waals surface area contributed by atoms with Gasteiger partial charge in [0.15, 0.2) is 5.88 Å². The van der Waals surface area contributed by atoms with Crippen LogP contribution in [0, 0.1) is 6.92 Å². The first-order chi connectivity index (χ1) is 10.1. The fourth-order valence-corrected chi connectivity index (χ4v) is 2.45. The van der Waals surface area contributed by atoms with Gasteiger partial charge in [-0.25, -0.2) is 0 Å². The Labute approximate surface area is 124 Å². The SMILES string of the molecule is Cc1ccc2c(C=NC(C)c3ccccc3)c(O)[nH]c2c1. The second-order valence-electron chi connectivity index (χ2n) is 5.30. The van der Waals surface area contributed by atoms with Crippen molar-refractivity contribution < 1.29 is 5.11 Å². The van der Waals surface area contributed by atoms with Crippen molar-refractivity contribution in [3.63, 3.8) is 0 Å². The molecule has 2 N–H and O–H groups in total. The number of benzene rings is 2. The third-order valence-electron chi connectivity index (χ3n) is 3.68. The molecule has 1 unspecified atom stereocenters. The molecule has 0 fully saturated rings. The molecule has 0 saturated heterocycles. The lowest BCUT2D eigenvalue weighted by molar-refractivity contribution is 0.457. The van der Waals surface area contributed by atoms with Crippen LogP contribution in [0.4, 0.5) is 0 Å². The summed E-state index contributed by atoms with van der Waals surface area (Å²) in [6.07, 6.45) is 1.75. The lowest BCUT2D eigenvalue weighted by Crippen LogP contribution is -1.90. The molecule has 0 bridgehead atoms. The maximum Gasteiger partial charge on any atom is 0.198 e. The van der Waals surface area contributed by atoms with Gasteiger partial charge in [0.2, 0.25) is 0 Å². The summed E-state index contributed by atoms with van der Waals surface area (Å²) in [5.41, 5.74) is 3.99. The molecule has 0 aliphatic carbocycles. The van der Waals surface area contributed by atoms with Gasteiger partial charge < -0.3 is 10.1 Å². The molecule has 106 valence electrons. The Hall–Kier alpha value is -2.55. The van der Waals surface area contributed by atoms with E-state index in [4.69, 9.17) is 0 Å². The van der Waals surface area contributed by atoms with Gasteiger partial charge in [-0.05, 0) is 31.0 Å². The Morgan fingerprint density at radius 2 is 1.90 bits per heavy atom. The van der Waals surface area contributed by atoms with Crippen molar-refractivity contribution in [1.82, 2.24) is 4.98 Å². The Morgan fingerprint density at radius 1 is 1.14 bits per heavy atom. The van der Waals surface area contributed by atoms with E-state index in [9.17, 15) is 5.11 Å². The highest BCUT2D eigenvalue weighted by molar-refractivity contribution is 6.02. The molecule has 0 amide bonds. The smallest absolute Gasteiger partial charge is 0.198 e. The molecule has 0 radical (unpaired) electrons. The summed E-state index contributed by atoms with van der Waals surface area (Å²) in [4.78, 5) is 7.56. The van der Waals surface area contributed by atoms with Crippen molar-refractivity contribution in [1.29, 1.82) is 0 Å². The van der Waals surface area contributed by atoms with Crippen LogP contribution in [0.25, 0.3) is 10.9 Å². The van der Waals surface area contributed by atoms with Crippen molar-refractivity contribution in [3.05, 3.63) is 65.2 Å². The number of aromatic nitrogens is 1. The van der Waals surface area contributed by atoms with Crippen molar-refractivity contribution in [2.24, 2.45) is 4.99 Å². The third kappa shape index (κ3) is 2.68. The number of hydrogen-bond acceptors (Lipinski definition) is 2. The summed E-state index contributed by atoms with van der Waals surface area (Å²) < 4.78 is 0. The van der Waals surface area contributed by atoms with E-state index in [1.54, 1.807) is 6.21 Å². The zero-order valence-electron chi connectivity index (χ0n) is 12.2. The van der Waals surface area contributed by atoms with Gasteiger partial charge in [-0.3, -0.25) is 4.99 Å². The minimum absolute atomic E-state index is 0.0565. The number of nitrogens with one attached hydrogen (secondary N) is 1. The molecule has 0 aliphatic rings. The summed E-state index contributed by atoms with van der Waals surface area (Å²) in [5, 5.41) is 11.1. The first-order valence-corrected chi connectivity index (χ1v) is 7.04. The highest BCUT2D eigenvalue weighted by atomic mass is 16.3. The zero-order chi connectivity index (χ0) is 14.8. The number of rotatable bonds is 3. The predicted molar refractivity (Wildman–Crippen MR) is 87.2 cm³/mol. The Morgan fingerprint density at radius 3 is 2.67 bits per heavy atom. The molecular weight excluding hydrogens is 260 g/mol. The van der Waals surface area contributed by atoms with Crippen LogP contribution in [0.2, 0.25) is 0 Å². The molecule has 3 heteroatoms. The van der Waals surface area contributed by atoms with Crippen LogP contribution in [-0.2, 0) is 0 Å². The van der Waals surface area contributed by atoms with Crippen molar-refractivity contribution in [3.8, 4) is 5.88 Å². The molecular formula is C18H18N2O. The lowest BCUT2D eigenvalue weighted by atomic mass is 10.1. The van der Waals surface area contributed by atoms with Crippen LogP contribution in [0.15, 0.2) is 53.5 Å². The zero-order valence-corrected chi connectivity index (χ0v) is 12.2. The number of hydrogen-bond donors (Lipinski definition) is 2. The number of aromatic amines is 1. The monoisotopic (exact) mass is 278 g/mol. The van der Waals surface area contributed by atoms with Gasteiger partial charge in [0.05, 0.1) is 11.6 Å². The number of H-pyrrole nitrogens is 1. The molecule has 3 aromatic rings. The summed E-state index contributed by atoms with van der Waals surface area (Å²) in [6.45, 7) is 4.07. The van der Waals surface area contributed by atoms with Crippen molar-refractivity contribution in [2.45, 2.75) is 19.9 Å². The normalized spacial score (nSPS) is 13.0. The number of aliphatic imine (C=N–C) groups is 1. The summed E-state index contributed by atoms with van der Waals surface area (Å²) in [6, 6.07) is 16.2. The minimum Gasteiger partial charge on any atom is -0.494 e. The predicted octanol–water partition coefficient (Wildman–Crippen LogP) is 4.36. The van der Waals surface area contributed by atoms with Crippen LogP contribution in [0.3, 0.4) is 0 Å². The van der Waals surface area contributed by atoms with Crippen molar-refractivity contribution in [2.75, 3.05) is 0 Å².